The van der Waals surface area contributed by atoms with Crippen molar-refractivity contribution in [3.63, 3.8) is 0 Å². The molecule has 0 spiro atoms. The topological polar surface area (TPSA) is 73.6 Å². The summed E-state index contributed by atoms with van der Waals surface area (Å²) in [5.41, 5.74) is 4.33. The van der Waals surface area contributed by atoms with E-state index in [4.69, 9.17) is 0 Å². The van der Waals surface area contributed by atoms with E-state index >= 15 is 0 Å². The van der Waals surface area contributed by atoms with E-state index in [1.807, 2.05) is 24.4 Å². The Balaban J connectivity index is 1.73. The highest BCUT2D eigenvalue weighted by molar-refractivity contribution is 5.91. The van der Waals surface area contributed by atoms with Crippen LogP contribution in [-0.2, 0) is 6.42 Å². The highest BCUT2D eigenvalue weighted by Crippen LogP contribution is 2.32. The van der Waals surface area contributed by atoms with Crippen LogP contribution in [0.2, 0.25) is 0 Å². The van der Waals surface area contributed by atoms with Crippen LogP contribution in [0, 0.1) is 0 Å². The molecule has 0 amide bonds. The Morgan fingerprint density at radius 2 is 2.19 bits per heavy atom. The summed E-state index contributed by atoms with van der Waals surface area (Å²) in [5, 5.41) is 11.8. The molecule has 21 heavy (non-hydrogen) atoms. The van der Waals surface area contributed by atoms with Crippen molar-refractivity contribution >= 4 is 16.6 Å². The Bertz CT molecular complexity index is 849. The Morgan fingerprint density at radius 1 is 1.24 bits per heavy atom. The number of anilines is 1. The van der Waals surface area contributed by atoms with Gasteiger partial charge in [-0.25, -0.2) is 0 Å². The molecule has 0 fully saturated rings. The Labute approximate surface area is 121 Å². The minimum Gasteiger partial charge on any atom is -0.378 e. The van der Waals surface area contributed by atoms with Crippen LogP contribution in [0.1, 0.15) is 30.1 Å². The second-order valence-electron chi connectivity index (χ2n) is 5.48. The molecule has 1 aliphatic carbocycles. The standard InChI is InChI=1S/C16H16N4O/c21-16-8-7-10-12(3-1-4-13(10)19-16)18-14-5-2-6-15-11(14)9-17-20-15/h2,5-9,12,18H,1,3-4H2,(H,17,20)(H,19,21). The van der Waals surface area contributed by atoms with Crippen LogP contribution in [0.4, 0.5) is 5.69 Å². The van der Waals surface area contributed by atoms with E-state index in [1.165, 1.54) is 5.56 Å². The largest absolute Gasteiger partial charge is 0.378 e. The number of nitrogens with one attached hydrogen (secondary N) is 3. The SMILES string of the molecule is O=c1ccc2c([nH]1)CCCC2Nc1cccc2[nH]ncc12. The van der Waals surface area contributed by atoms with E-state index in [-0.39, 0.29) is 11.6 Å². The predicted octanol–water partition coefficient (Wildman–Crippen LogP) is 2.74. The molecule has 1 unspecified atom stereocenters. The lowest BCUT2D eigenvalue weighted by Crippen LogP contribution is -2.21. The Morgan fingerprint density at radius 3 is 3.14 bits per heavy atom. The van der Waals surface area contributed by atoms with Gasteiger partial charge in [-0.2, -0.15) is 5.10 Å². The van der Waals surface area contributed by atoms with Gasteiger partial charge in [0.05, 0.1) is 17.8 Å². The molecule has 4 rings (SSSR count). The summed E-state index contributed by atoms with van der Waals surface area (Å²) in [5.74, 6) is 0. The summed E-state index contributed by atoms with van der Waals surface area (Å²) < 4.78 is 0. The van der Waals surface area contributed by atoms with Crippen molar-refractivity contribution in [2.45, 2.75) is 25.3 Å². The fourth-order valence-corrected chi connectivity index (χ4v) is 3.13. The summed E-state index contributed by atoms with van der Waals surface area (Å²) in [7, 11) is 0. The molecule has 0 saturated heterocycles. The van der Waals surface area contributed by atoms with E-state index in [2.05, 4.69) is 26.6 Å². The van der Waals surface area contributed by atoms with Gasteiger partial charge >= 0.3 is 0 Å². The van der Waals surface area contributed by atoms with Crippen molar-refractivity contribution < 1.29 is 0 Å². The van der Waals surface area contributed by atoms with Crippen LogP contribution in [0.15, 0.2) is 41.3 Å². The third-order valence-electron chi connectivity index (χ3n) is 4.15. The van der Waals surface area contributed by atoms with Crippen molar-refractivity contribution in [1.82, 2.24) is 15.2 Å². The summed E-state index contributed by atoms with van der Waals surface area (Å²) in [6.07, 6.45) is 4.92. The quantitative estimate of drug-likeness (QED) is 0.675. The van der Waals surface area contributed by atoms with Gasteiger partial charge in [-0.15, -0.1) is 0 Å². The molecular formula is C16H16N4O. The van der Waals surface area contributed by atoms with Crippen molar-refractivity contribution in [1.29, 1.82) is 0 Å². The molecule has 5 heteroatoms. The minimum absolute atomic E-state index is 0.0219. The number of benzene rings is 1. The van der Waals surface area contributed by atoms with E-state index in [0.717, 1.165) is 41.5 Å². The second-order valence-corrected chi connectivity index (χ2v) is 5.48. The number of aromatic nitrogens is 3. The van der Waals surface area contributed by atoms with Crippen LogP contribution in [0.5, 0.6) is 0 Å². The van der Waals surface area contributed by atoms with E-state index in [1.54, 1.807) is 6.07 Å². The fourth-order valence-electron chi connectivity index (χ4n) is 3.13. The molecule has 2 aromatic heterocycles. The molecule has 3 aromatic rings. The number of rotatable bonds is 2. The first-order chi connectivity index (χ1) is 10.3. The number of hydrogen-bond acceptors (Lipinski definition) is 3. The molecule has 0 bridgehead atoms. The zero-order chi connectivity index (χ0) is 14.2. The molecule has 0 aliphatic heterocycles. The fraction of sp³-hybridized carbons (Fsp3) is 0.250. The average molecular weight is 280 g/mol. The first-order valence-electron chi connectivity index (χ1n) is 7.22. The monoisotopic (exact) mass is 280 g/mol. The van der Waals surface area contributed by atoms with Crippen molar-refractivity contribution in [2.75, 3.05) is 5.32 Å². The molecule has 2 heterocycles. The molecule has 3 N–H and O–H groups in total. The molecule has 5 nitrogen and oxygen atoms in total. The van der Waals surface area contributed by atoms with E-state index < -0.39 is 0 Å². The van der Waals surface area contributed by atoms with Crippen LogP contribution < -0.4 is 10.9 Å². The number of hydrogen-bond donors (Lipinski definition) is 3. The van der Waals surface area contributed by atoms with Gasteiger partial charge in [0.1, 0.15) is 0 Å². The Kier molecular flexibility index (Phi) is 2.77. The zero-order valence-electron chi connectivity index (χ0n) is 11.5. The normalized spacial score (nSPS) is 17.6. The van der Waals surface area contributed by atoms with Gasteiger partial charge in [-0.1, -0.05) is 6.07 Å². The third-order valence-corrected chi connectivity index (χ3v) is 4.15. The lowest BCUT2D eigenvalue weighted by atomic mass is 9.91. The third kappa shape index (κ3) is 2.11. The number of H-pyrrole nitrogens is 2. The highest BCUT2D eigenvalue weighted by Gasteiger charge is 2.21. The summed E-state index contributed by atoms with van der Waals surface area (Å²) in [6, 6.07) is 9.88. The lowest BCUT2D eigenvalue weighted by molar-refractivity contribution is 0.587. The van der Waals surface area contributed by atoms with Crippen LogP contribution in [0.25, 0.3) is 10.9 Å². The molecule has 106 valence electrons. The van der Waals surface area contributed by atoms with Crippen LogP contribution in [0.3, 0.4) is 0 Å². The number of pyridine rings is 1. The molecule has 0 radical (unpaired) electrons. The van der Waals surface area contributed by atoms with E-state index in [9.17, 15) is 4.79 Å². The molecule has 1 atom stereocenters. The highest BCUT2D eigenvalue weighted by atomic mass is 16.1. The summed E-state index contributed by atoms with van der Waals surface area (Å²) >= 11 is 0. The van der Waals surface area contributed by atoms with Gasteiger partial charge in [-0.05, 0) is 43.0 Å². The Hall–Kier alpha value is -2.56. The van der Waals surface area contributed by atoms with E-state index in [0.29, 0.717) is 0 Å². The smallest absolute Gasteiger partial charge is 0.248 e. The number of aryl methyl sites for hydroxylation is 1. The number of fused-ring (bicyclic) bond motifs is 2. The molecule has 0 saturated carbocycles. The van der Waals surface area contributed by atoms with Gasteiger partial charge < -0.3 is 10.3 Å². The maximum atomic E-state index is 11.5. The second kappa shape index (κ2) is 4.77. The van der Waals surface area contributed by atoms with Gasteiger partial charge in [0, 0.05) is 22.8 Å². The lowest BCUT2D eigenvalue weighted by Gasteiger charge is -2.27. The van der Waals surface area contributed by atoms with Crippen molar-refractivity contribution in [3.8, 4) is 0 Å². The first-order valence-corrected chi connectivity index (χ1v) is 7.22. The first kappa shape index (κ1) is 12.2. The van der Waals surface area contributed by atoms with Crippen molar-refractivity contribution in [3.05, 3.63) is 58.1 Å². The summed E-state index contributed by atoms with van der Waals surface area (Å²) in [6.45, 7) is 0. The van der Waals surface area contributed by atoms with Crippen LogP contribution in [-0.4, -0.2) is 15.2 Å². The minimum atomic E-state index is -0.0219. The zero-order valence-corrected chi connectivity index (χ0v) is 11.5. The van der Waals surface area contributed by atoms with Gasteiger partial charge in [0.2, 0.25) is 5.56 Å². The van der Waals surface area contributed by atoms with Crippen molar-refractivity contribution in [2.24, 2.45) is 0 Å². The molecule has 1 aliphatic rings. The summed E-state index contributed by atoms with van der Waals surface area (Å²) in [4.78, 5) is 14.4. The maximum absolute atomic E-state index is 11.5. The predicted molar refractivity (Wildman–Crippen MR) is 82.5 cm³/mol. The maximum Gasteiger partial charge on any atom is 0.248 e. The number of nitrogens with zero attached hydrogens (tertiary/aromatic N) is 1. The molecular weight excluding hydrogens is 264 g/mol. The van der Waals surface area contributed by atoms with Gasteiger partial charge in [0.15, 0.2) is 0 Å². The molecule has 1 aromatic carbocycles. The average Bonchev–Trinajstić information content (AvgIpc) is 2.97. The van der Waals surface area contributed by atoms with Gasteiger partial charge in [0.25, 0.3) is 0 Å². The van der Waals surface area contributed by atoms with Gasteiger partial charge in [-0.3, -0.25) is 9.89 Å². The van der Waals surface area contributed by atoms with Crippen LogP contribution >= 0.6 is 0 Å². The number of aromatic amines is 2.